The molecule has 1 saturated carbocycles. The zero-order valence-corrected chi connectivity index (χ0v) is 14.1. The monoisotopic (exact) mass is 350 g/mol. The van der Waals surface area contributed by atoms with Crippen molar-refractivity contribution in [3.63, 3.8) is 0 Å². The molecule has 0 bridgehead atoms. The van der Waals surface area contributed by atoms with Crippen molar-refractivity contribution in [1.29, 1.82) is 0 Å². The number of amides is 1. The molecule has 0 heterocycles. The molecule has 1 aliphatic carbocycles. The highest BCUT2D eigenvalue weighted by Crippen LogP contribution is 2.23. The summed E-state index contributed by atoms with van der Waals surface area (Å²) in [7, 11) is 0. The van der Waals surface area contributed by atoms with Crippen LogP contribution >= 0.6 is 0 Å². The van der Waals surface area contributed by atoms with Crippen LogP contribution in [0.25, 0.3) is 0 Å². The van der Waals surface area contributed by atoms with E-state index in [4.69, 9.17) is 9.47 Å². The normalized spacial score (nSPS) is 19.7. The Morgan fingerprint density at radius 3 is 2.52 bits per heavy atom. The second kappa shape index (κ2) is 9.00. The minimum Gasteiger partial charge on any atom is -0.482 e. The molecular weight excluding hydrogens is 328 g/mol. The maximum atomic E-state index is 11.8. The summed E-state index contributed by atoms with van der Waals surface area (Å²) in [5.41, 5.74) is -0.0662. The van der Waals surface area contributed by atoms with E-state index < -0.39 is 10.9 Å². The lowest BCUT2D eigenvalue weighted by Gasteiger charge is -2.29. The van der Waals surface area contributed by atoms with E-state index in [0.29, 0.717) is 11.7 Å². The van der Waals surface area contributed by atoms with Gasteiger partial charge in [0, 0.05) is 18.2 Å². The van der Waals surface area contributed by atoms with E-state index in [1.54, 1.807) is 0 Å². The fourth-order valence-corrected chi connectivity index (χ4v) is 2.77. The molecule has 1 aromatic carbocycles. The van der Waals surface area contributed by atoms with E-state index in [-0.39, 0.29) is 30.9 Å². The van der Waals surface area contributed by atoms with Crippen molar-refractivity contribution in [1.82, 2.24) is 5.32 Å². The number of benzene rings is 1. The number of carbonyl (C=O) groups is 2. The highest BCUT2D eigenvalue weighted by Gasteiger charge is 2.23. The Bertz CT molecular complexity index is 616. The summed E-state index contributed by atoms with van der Waals surface area (Å²) in [6.07, 6.45) is 4.32. The molecule has 25 heavy (non-hydrogen) atoms. The standard InChI is InChI=1S/C17H22N2O6/c1-12-4-2-3-5-15(12)18-16(20)10-25-17(21)11-24-14-8-6-13(7-9-14)19(22)23/h6-9,12,15H,2-5,10-11H2,1H3,(H,18,20)/t12-,15-/m1/s1. The lowest BCUT2D eigenvalue weighted by atomic mass is 9.86. The van der Waals surface area contributed by atoms with E-state index >= 15 is 0 Å². The quantitative estimate of drug-likeness (QED) is 0.459. The first-order chi connectivity index (χ1) is 12.0. The van der Waals surface area contributed by atoms with Crippen LogP contribution < -0.4 is 10.1 Å². The first kappa shape index (κ1) is 18.7. The van der Waals surface area contributed by atoms with Crippen LogP contribution in [0.2, 0.25) is 0 Å². The Morgan fingerprint density at radius 2 is 1.88 bits per heavy atom. The van der Waals surface area contributed by atoms with Crippen molar-refractivity contribution in [2.75, 3.05) is 13.2 Å². The number of nitrogens with zero attached hydrogens (tertiary/aromatic N) is 1. The lowest BCUT2D eigenvalue weighted by Crippen LogP contribution is -2.43. The SMILES string of the molecule is C[C@@H]1CCCC[C@H]1NC(=O)COC(=O)COc1ccc([N+](=O)[O-])cc1. The molecule has 0 radical (unpaired) electrons. The maximum absolute atomic E-state index is 11.8. The first-order valence-electron chi connectivity index (χ1n) is 8.28. The van der Waals surface area contributed by atoms with Crippen LogP contribution in [0.15, 0.2) is 24.3 Å². The number of nitro benzene ring substituents is 1. The number of esters is 1. The third kappa shape index (κ3) is 6.06. The second-order valence-corrected chi connectivity index (χ2v) is 6.14. The number of hydrogen-bond donors (Lipinski definition) is 1. The number of hydrogen-bond acceptors (Lipinski definition) is 6. The molecule has 8 heteroatoms. The van der Waals surface area contributed by atoms with Crippen LogP contribution in [-0.4, -0.2) is 36.1 Å². The average molecular weight is 350 g/mol. The first-order valence-corrected chi connectivity index (χ1v) is 8.28. The van der Waals surface area contributed by atoms with Crippen LogP contribution in [0.1, 0.15) is 32.6 Å². The zero-order chi connectivity index (χ0) is 18.2. The molecule has 2 rings (SSSR count). The van der Waals surface area contributed by atoms with Gasteiger partial charge >= 0.3 is 5.97 Å². The summed E-state index contributed by atoms with van der Waals surface area (Å²) in [6, 6.07) is 5.47. The highest BCUT2D eigenvalue weighted by atomic mass is 16.6. The minimum absolute atomic E-state index is 0.0662. The number of nitrogens with one attached hydrogen (secondary N) is 1. The van der Waals surface area contributed by atoms with Crippen LogP contribution in [0.5, 0.6) is 5.75 Å². The minimum atomic E-state index is -0.676. The van der Waals surface area contributed by atoms with Crippen molar-refractivity contribution in [3.8, 4) is 5.75 Å². The van der Waals surface area contributed by atoms with Gasteiger partial charge in [0.2, 0.25) is 0 Å². The number of non-ortho nitro benzene ring substituents is 1. The molecule has 2 atom stereocenters. The van der Waals surface area contributed by atoms with Crippen LogP contribution in [-0.2, 0) is 14.3 Å². The van der Waals surface area contributed by atoms with Gasteiger partial charge in [0.15, 0.2) is 13.2 Å². The smallest absolute Gasteiger partial charge is 0.344 e. The Hall–Kier alpha value is -2.64. The molecule has 8 nitrogen and oxygen atoms in total. The number of rotatable bonds is 7. The van der Waals surface area contributed by atoms with E-state index in [1.165, 1.54) is 30.7 Å². The topological polar surface area (TPSA) is 108 Å². The molecule has 1 aliphatic rings. The van der Waals surface area contributed by atoms with Gasteiger partial charge in [-0.05, 0) is 30.9 Å². The highest BCUT2D eigenvalue weighted by molar-refractivity contribution is 5.81. The van der Waals surface area contributed by atoms with Gasteiger partial charge in [-0.1, -0.05) is 19.8 Å². The second-order valence-electron chi connectivity index (χ2n) is 6.14. The molecule has 0 saturated heterocycles. The summed E-state index contributed by atoms with van der Waals surface area (Å²) in [5, 5.41) is 13.4. The predicted octanol–water partition coefficient (Wildman–Crippen LogP) is 2.21. The Labute approximate surface area is 145 Å². The Morgan fingerprint density at radius 1 is 1.20 bits per heavy atom. The van der Waals surface area contributed by atoms with E-state index in [9.17, 15) is 19.7 Å². The maximum Gasteiger partial charge on any atom is 0.344 e. The molecule has 1 amide bonds. The summed E-state index contributed by atoms with van der Waals surface area (Å²) in [4.78, 5) is 33.5. The van der Waals surface area contributed by atoms with Gasteiger partial charge in [0.05, 0.1) is 4.92 Å². The molecule has 136 valence electrons. The van der Waals surface area contributed by atoms with Crippen LogP contribution in [0, 0.1) is 16.0 Å². The average Bonchev–Trinajstić information content (AvgIpc) is 2.60. The third-order valence-corrected chi connectivity index (χ3v) is 4.23. The predicted molar refractivity (Wildman–Crippen MR) is 89.1 cm³/mol. The van der Waals surface area contributed by atoms with E-state index in [2.05, 4.69) is 12.2 Å². The summed E-state index contributed by atoms with van der Waals surface area (Å²) in [5.74, 6) is -0.255. The molecule has 0 aromatic heterocycles. The van der Waals surface area contributed by atoms with Gasteiger partial charge in [-0.3, -0.25) is 14.9 Å². The fraction of sp³-hybridized carbons (Fsp3) is 0.529. The van der Waals surface area contributed by atoms with Gasteiger partial charge in [0.25, 0.3) is 11.6 Å². The van der Waals surface area contributed by atoms with Gasteiger partial charge in [0.1, 0.15) is 5.75 Å². The van der Waals surface area contributed by atoms with Crippen molar-refractivity contribution in [2.24, 2.45) is 5.92 Å². The van der Waals surface area contributed by atoms with Crippen LogP contribution in [0.4, 0.5) is 5.69 Å². The van der Waals surface area contributed by atoms with Crippen molar-refractivity contribution in [2.45, 2.75) is 38.6 Å². The van der Waals surface area contributed by atoms with Crippen molar-refractivity contribution < 1.29 is 24.0 Å². The van der Waals surface area contributed by atoms with E-state index in [0.717, 1.165) is 19.3 Å². The van der Waals surface area contributed by atoms with Crippen LogP contribution in [0.3, 0.4) is 0 Å². The molecule has 0 aliphatic heterocycles. The number of nitro groups is 1. The Balaban J connectivity index is 1.67. The van der Waals surface area contributed by atoms with Gasteiger partial charge in [-0.25, -0.2) is 4.79 Å². The summed E-state index contributed by atoms with van der Waals surface area (Å²) >= 11 is 0. The molecule has 1 N–H and O–H groups in total. The lowest BCUT2D eigenvalue weighted by molar-refractivity contribution is -0.384. The summed E-state index contributed by atoms with van der Waals surface area (Å²) < 4.78 is 10.1. The number of carbonyl (C=O) groups excluding carboxylic acids is 2. The molecule has 0 spiro atoms. The number of ether oxygens (including phenoxy) is 2. The van der Waals surface area contributed by atoms with Crippen molar-refractivity contribution >= 4 is 17.6 Å². The fourth-order valence-electron chi connectivity index (χ4n) is 2.77. The summed E-state index contributed by atoms with van der Waals surface area (Å²) in [6.45, 7) is 1.39. The van der Waals surface area contributed by atoms with Crippen molar-refractivity contribution in [3.05, 3.63) is 34.4 Å². The Kier molecular flexibility index (Phi) is 6.73. The molecular formula is C17H22N2O6. The van der Waals surface area contributed by atoms with Gasteiger partial charge in [-0.15, -0.1) is 0 Å². The largest absolute Gasteiger partial charge is 0.482 e. The molecule has 1 fully saturated rings. The molecule has 0 unspecified atom stereocenters. The van der Waals surface area contributed by atoms with Gasteiger partial charge in [-0.2, -0.15) is 0 Å². The van der Waals surface area contributed by atoms with Gasteiger partial charge < -0.3 is 14.8 Å². The van der Waals surface area contributed by atoms with E-state index in [1.807, 2.05) is 0 Å². The zero-order valence-electron chi connectivity index (χ0n) is 14.1. The third-order valence-electron chi connectivity index (χ3n) is 4.23. The molecule has 1 aromatic rings.